The molecule has 0 saturated carbocycles. The maximum atomic E-state index is 5.53. The molecule has 2 fully saturated rings. The lowest BCUT2D eigenvalue weighted by Crippen LogP contribution is -2.41. The van der Waals surface area contributed by atoms with E-state index in [2.05, 4.69) is 48.7 Å². The molecule has 2 aromatic heterocycles. The lowest BCUT2D eigenvalue weighted by molar-refractivity contribution is 0.0194. The van der Waals surface area contributed by atoms with Gasteiger partial charge in [0.2, 0.25) is 0 Å². The summed E-state index contributed by atoms with van der Waals surface area (Å²) in [4.78, 5) is 15.2. The molecule has 2 aromatic rings. The van der Waals surface area contributed by atoms with Crippen LogP contribution in [0.15, 0.2) is 29.9 Å². The van der Waals surface area contributed by atoms with Crippen molar-refractivity contribution in [2.75, 3.05) is 56.2 Å². The van der Waals surface area contributed by atoms with Crippen molar-refractivity contribution in [1.82, 2.24) is 14.9 Å². The zero-order chi connectivity index (χ0) is 17.6. The van der Waals surface area contributed by atoms with E-state index in [4.69, 9.17) is 4.74 Å². The van der Waals surface area contributed by atoms with Crippen LogP contribution in [0.3, 0.4) is 0 Å². The van der Waals surface area contributed by atoms with Gasteiger partial charge in [-0.15, -0.1) is 11.3 Å². The Labute approximate surface area is 159 Å². The molecule has 6 nitrogen and oxygen atoms in total. The predicted octanol–water partition coefficient (Wildman–Crippen LogP) is 3.01. The number of morpholine rings is 1. The molecule has 140 valence electrons. The van der Waals surface area contributed by atoms with Gasteiger partial charge in [-0.3, -0.25) is 4.90 Å². The smallest absolute Gasteiger partial charge is 0.134 e. The second kappa shape index (κ2) is 8.79. The summed E-state index contributed by atoms with van der Waals surface area (Å²) in [5, 5.41) is 5.71. The third-order valence-electron chi connectivity index (χ3n) is 5.17. The average molecular weight is 374 g/mol. The Hall–Kier alpha value is -1.70. The molecule has 0 radical (unpaired) electrons. The Morgan fingerprint density at radius 1 is 1.12 bits per heavy atom. The number of hydrogen-bond acceptors (Lipinski definition) is 7. The number of nitrogens with zero attached hydrogens (tertiary/aromatic N) is 4. The summed E-state index contributed by atoms with van der Waals surface area (Å²) in [6, 6.07) is 6.81. The molecular formula is C19H27N5OS. The van der Waals surface area contributed by atoms with Crippen LogP contribution in [0.5, 0.6) is 0 Å². The molecule has 7 heteroatoms. The minimum absolute atomic E-state index is 0.354. The van der Waals surface area contributed by atoms with Gasteiger partial charge in [-0.25, -0.2) is 9.97 Å². The highest BCUT2D eigenvalue weighted by Gasteiger charge is 2.23. The van der Waals surface area contributed by atoms with Crippen LogP contribution in [-0.2, 0) is 4.74 Å². The third kappa shape index (κ3) is 4.34. The first-order chi connectivity index (χ1) is 12.9. The van der Waals surface area contributed by atoms with Crippen LogP contribution in [-0.4, -0.2) is 60.8 Å². The van der Waals surface area contributed by atoms with Crippen LogP contribution in [0.4, 0.5) is 11.6 Å². The molecule has 26 heavy (non-hydrogen) atoms. The van der Waals surface area contributed by atoms with Gasteiger partial charge >= 0.3 is 0 Å². The summed E-state index contributed by atoms with van der Waals surface area (Å²) >= 11 is 1.82. The van der Waals surface area contributed by atoms with Gasteiger partial charge in [0.15, 0.2) is 0 Å². The van der Waals surface area contributed by atoms with E-state index in [1.54, 1.807) is 6.33 Å². The summed E-state index contributed by atoms with van der Waals surface area (Å²) in [5.41, 5.74) is 0. The number of aromatic nitrogens is 2. The van der Waals surface area contributed by atoms with E-state index in [0.29, 0.717) is 6.04 Å². The van der Waals surface area contributed by atoms with Gasteiger partial charge in [-0.2, -0.15) is 0 Å². The summed E-state index contributed by atoms with van der Waals surface area (Å²) in [6.45, 7) is 6.63. The number of nitrogens with one attached hydrogen (secondary N) is 1. The first-order valence-electron chi connectivity index (χ1n) is 9.56. The number of ether oxygens (including phenoxy) is 1. The second-order valence-corrected chi connectivity index (χ2v) is 7.85. The molecule has 0 amide bonds. The molecule has 4 heterocycles. The molecule has 2 aliphatic rings. The van der Waals surface area contributed by atoms with Crippen molar-refractivity contribution in [1.29, 1.82) is 0 Å². The maximum absolute atomic E-state index is 5.53. The maximum Gasteiger partial charge on any atom is 0.134 e. The van der Waals surface area contributed by atoms with Gasteiger partial charge in [0, 0.05) is 43.7 Å². The first kappa shape index (κ1) is 17.7. The van der Waals surface area contributed by atoms with Crippen molar-refractivity contribution in [3.63, 3.8) is 0 Å². The number of piperidine rings is 1. The minimum Gasteiger partial charge on any atom is -0.379 e. The van der Waals surface area contributed by atoms with Gasteiger partial charge in [0.25, 0.3) is 0 Å². The Morgan fingerprint density at radius 2 is 1.96 bits per heavy atom. The number of hydrogen-bond donors (Lipinski definition) is 1. The van der Waals surface area contributed by atoms with Crippen molar-refractivity contribution in [3.8, 4) is 0 Å². The zero-order valence-electron chi connectivity index (χ0n) is 15.1. The van der Waals surface area contributed by atoms with Crippen molar-refractivity contribution >= 4 is 23.0 Å². The van der Waals surface area contributed by atoms with E-state index in [9.17, 15) is 0 Å². The molecule has 0 spiro atoms. The number of rotatable bonds is 6. The van der Waals surface area contributed by atoms with Crippen LogP contribution >= 0.6 is 11.3 Å². The first-order valence-corrected chi connectivity index (χ1v) is 10.4. The number of anilines is 2. The summed E-state index contributed by atoms with van der Waals surface area (Å²) < 4.78 is 5.53. The van der Waals surface area contributed by atoms with Crippen LogP contribution in [0, 0.1) is 0 Å². The quantitative estimate of drug-likeness (QED) is 0.840. The average Bonchev–Trinajstić information content (AvgIpc) is 3.24. The van der Waals surface area contributed by atoms with Gasteiger partial charge in [0.1, 0.15) is 18.0 Å². The van der Waals surface area contributed by atoms with E-state index < -0.39 is 0 Å². The molecule has 2 aliphatic heterocycles. The molecule has 1 atom stereocenters. The Bertz CT molecular complexity index is 668. The molecule has 0 aromatic carbocycles. The largest absolute Gasteiger partial charge is 0.379 e. The van der Waals surface area contributed by atoms with Gasteiger partial charge in [0.05, 0.1) is 19.3 Å². The molecular weight excluding hydrogens is 346 g/mol. The molecule has 2 saturated heterocycles. The van der Waals surface area contributed by atoms with E-state index in [-0.39, 0.29) is 0 Å². The summed E-state index contributed by atoms with van der Waals surface area (Å²) in [6.07, 6.45) is 5.52. The van der Waals surface area contributed by atoms with Crippen molar-refractivity contribution in [3.05, 3.63) is 34.8 Å². The fourth-order valence-electron chi connectivity index (χ4n) is 3.72. The lowest BCUT2D eigenvalue weighted by Gasteiger charge is -2.34. The van der Waals surface area contributed by atoms with Gasteiger partial charge in [-0.1, -0.05) is 6.07 Å². The highest BCUT2D eigenvalue weighted by molar-refractivity contribution is 7.10. The van der Waals surface area contributed by atoms with Gasteiger partial charge in [-0.05, 0) is 30.7 Å². The highest BCUT2D eigenvalue weighted by atomic mass is 32.1. The summed E-state index contributed by atoms with van der Waals surface area (Å²) in [5.74, 6) is 1.96. The zero-order valence-corrected chi connectivity index (χ0v) is 16.0. The van der Waals surface area contributed by atoms with Crippen LogP contribution in [0.2, 0.25) is 0 Å². The normalized spacial score (nSPS) is 20.1. The molecule has 0 bridgehead atoms. The van der Waals surface area contributed by atoms with Gasteiger partial charge < -0.3 is 15.0 Å². The molecule has 1 unspecified atom stereocenters. The molecule has 1 N–H and O–H groups in total. The second-order valence-electron chi connectivity index (χ2n) is 6.87. The summed E-state index contributed by atoms with van der Waals surface area (Å²) in [7, 11) is 0. The van der Waals surface area contributed by atoms with E-state index in [1.165, 1.54) is 24.1 Å². The van der Waals surface area contributed by atoms with E-state index in [1.807, 2.05) is 11.3 Å². The van der Waals surface area contributed by atoms with Crippen LogP contribution < -0.4 is 10.2 Å². The fourth-order valence-corrected chi connectivity index (χ4v) is 4.58. The fraction of sp³-hybridized carbons (Fsp3) is 0.579. The standard InChI is InChI=1S/C19H27N5OS/c1-2-6-24(7-3-1)19-13-18(21-15-22-19)20-14-16(17-5-4-12-26-17)23-8-10-25-11-9-23/h4-5,12-13,15-16H,1-3,6-11,14H2,(H,20,21,22). The van der Waals surface area contributed by atoms with Crippen LogP contribution in [0.1, 0.15) is 30.2 Å². The van der Waals surface area contributed by atoms with E-state index >= 15 is 0 Å². The number of thiophene rings is 1. The predicted molar refractivity (Wildman–Crippen MR) is 106 cm³/mol. The Balaban J connectivity index is 1.43. The van der Waals surface area contributed by atoms with E-state index in [0.717, 1.165) is 57.6 Å². The third-order valence-corrected chi connectivity index (χ3v) is 6.14. The highest BCUT2D eigenvalue weighted by Crippen LogP contribution is 2.27. The van der Waals surface area contributed by atoms with Crippen LogP contribution in [0.25, 0.3) is 0 Å². The molecule has 0 aliphatic carbocycles. The molecule has 4 rings (SSSR count). The Morgan fingerprint density at radius 3 is 2.73 bits per heavy atom. The van der Waals surface area contributed by atoms with Crippen molar-refractivity contribution in [2.45, 2.75) is 25.3 Å². The minimum atomic E-state index is 0.354. The monoisotopic (exact) mass is 373 g/mol. The topological polar surface area (TPSA) is 53.5 Å². The van der Waals surface area contributed by atoms with Crippen molar-refractivity contribution < 1.29 is 4.74 Å². The lowest BCUT2D eigenvalue weighted by atomic mass is 10.1. The van der Waals surface area contributed by atoms with Crippen molar-refractivity contribution in [2.24, 2.45) is 0 Å². The Kier molecular flexibility index (Phi) is 5.99. The SMILES string of the molecule is c1csc(C(CNc2cc(N3CCCCC3)ncn2)N2CCOCC2)c1.